The standard InChI is InChI=1S/C51H32N4O/c1-4-15-33(16-5-1)36-21-14-22-37(31-36)50-52-49(35-19-8-3-9-20-35)53-51(54-50)38-27-28-42-46(32-38)56-48-45(30-29-39(47(42)48)34-17-6-2-7-18-34)55-43-25-12-10-23-40(43)41-24-11-13-26-44(41)55/h1-32H. The maximum absolute atomic E-state index is 7.03. The van der Waals surface area contributed by atoms with E-state index in [-0.39, 0.29) is 0 Å². The summed E-state index contributed by atoms with van der Waals surface area (Å²) in [6.45, 7) is 0. The number of para-hydroxylation sites is 2. The van der Waals surface area contributed by atoms with Gasteiger partial charge < -0.3 is 8.98 Å². The molecule has 0 N–H and O–H groups in total. The predicted octanol–water partition coefficient (Wildman–Crippen LogP) is 13.2. The van der Waals surface area contributed by atoms with Gasteiger partial charge in [0, 0.05) is 38.2 Å². The Bertz CT molecular complexity index is 3190. The van der Waals surface area contributed by atoms with E-state index in [4.69, 9.17) is 19.4 Å². The number of fused-ring (bicyclic) bond motifs is 6. The molecule has 0 spiro atoms. The summed E-state index contributed by atoms with van der Waals surface area (Å²) in [6.07, 6.45) is 0. The fourth-order valence-corrected chi connectivity index (χ4v) is 8.04. The molecule has 11 aromatic rings. The summed E-state index contributed by atoms with van der Waals surface area (Å²) in [5, 5.41) is 4.50. The second-order valence-corrected chi connectivity index (χ2v) is 14.0. The molecule has 0 aliphatic rings. The van der Waals surface area contributed by atoms with E-state index in [1.54, 1.807) is 0 Å². The van der Waals surface area contributed by atoms with Gasteiger partial charge in [-0.3, -0.25) is 0 Å². The van der Waals surface area contributed by atoms with Crippen molar-refractivity contribution in [1.29, 1.82) is 0 Å². The van der Waals surface area contributed by atoms with Gasteiger partial charge in [0.25, 0.3) is 0 Å². The molecule has 0 radical (unpaired) electrons. The molecule has 11 rings (SSSR count). The van der Waals surface area contributed by atoms with E-state index in [1.807, 2.05) is 36.4 Å². The SMILES string of the molecule is c1ccc(-c2cccc(-c3nc(-c4ccccc4)nc(-c4ccc5c(c4)oc4c(-n6c7ccccc7c7ccccc76)ccc(-c6ccccc6)c45)n3)c2)cc1. The molecule has 5 nitrogen and oxygen atoms in total. The zero-order chi connectivity index (χ0) is 37.0. The van der Waals surface area contributed by atoms with Crippen molar-refractivity contribution in [3.63, 3.8) is 0 Å². The quantitative estimate of drug-likeness (QED) is 0.172. The minimum absolute atomic E-state index is 0.576. The lowest BCUT2D eigenvalue weighted by Crippen LogP contribution is -2.00. The smallest absolute Gasteiger partial charge is 0.164 e. The normalized spacial score (nSPS) is 11.6. The summed E-state index contributed by atoms with van der Waals surface area (Å²) in [5.74, 6) is 1.80. The summed E-state index contributed by atoms with van der Waals surface area (Å²) < 4.78 is 9.36. The number of aromatic nitrogens is 4. The number of nitrogens with zero attached hydrogens (tertiary/aromatic N) is 4. The molecule has 5 heteroatoms. The molecule has 0 fully saturated rings. The molecule has 262 valence electrons. The Morgan fingerprint density at radius 2 is 0.875 bits per heavy atom. The van der Waals surface area contributed by atoms with Crippen LogP contribution < -0.4 is 0 Å². The molecule has 0 unspecified atom stereocenters. The summed E-state index contributed by atoms with van der Waals surface area (Å²) >= 11 is 0. The lowest BCUT2D eigenvalue weighted by atomic mass is 9.98. The topological polar surface area (TPSA) is 56.7 Å². The average molecular weight is 717 g/mol. The molecule has 3 aromatic heterocycles. The van der Waals surface area contributed by atoms with Gasteiger partial charge in [-0.2, -0.15) is 0 Å². The van der Waals surface area contributed by atoms with Crippen LogP contribution in [-0.4, -0.2) is 19.5 Å². The maximum atomic E-state index is 7.03. The fourth-order valence-electron chi connectivity index (χ4n) is 8.04. The van der Waals surface area contributed by atoms with Crippen LogP contribution in [0, 0.1) is 0 Å². The third-order valence-corrected chi connectivity index (χ3v) is 10.7. The molecule has 3 heterocycles. The van der Waals surface area contributed by atoms with Gasteiger partial charge in [0.2, 0.25) is 0 Å². The first-order valence-electron chi connectivity index (χ1n) is 18.8. The van der Waals surface area contributed by atoms with Gasteiger partial charge in [-0.15, -0.1) is 0 Å². The zero-order valence-corrected chi connectivity index (χ0v) is 30.2. The minimum atomic E-state index is 0.576. The highest BCUT2D eigenvalue weighted by molar-refractivity contribution is 6.17. The molecule has 0 saturated carbocycles. The Balaban J connectivity index is 1.13. The summed E-state index contributed by atoms with van der Waals surface area (Å²) in [7, 11) is 0. The van der Waals surface area contributed by atoms with Gasteiger partial charge in [0.15, 0.2) is 23.1 Å². The van der Waals surface area contributed by atoms with Crippen molar-refractivity contribution in [2.45, 2.75) is 0 Å². The van der Waals surface area contributed by atoms with Gasteiger partial charge in [0.05, 0.1) is 16.7 Å². The van der Waals surface area contributed by atoms with Crippen LogP contribution in [0.4, 0.5) is 0 Å². The molecule has 0 aliphatic heterocycles. The highest BCUT2D eigenvalue weighted by Gasteiger charge is 2.22. The van der Waals surface area contributed by atoms with Gasteiger partial charge in [-0.1, -0.05) is 158 Å². The third-order valence-electron chi connectivity index (χ3n) is 10.7. The van der Waals surface area contributed by atoms with Crippen molar-refractivity contribution in [3.8, 4) is 62.1 Å². The summed E-state index contributed by atoms with van der Waals surface area (Å²) in [5.41, 5.74) is 12.0. The van der Waals surface area contributed by atoms with E-state index in [1.165, 1.54) is 10.8 Å². The van der Waals surface area contributed by atoms with Crippen LogP contribution in [0.5, 0.6) is 0 Å². The molecule has 0 saturated heterocycles. The van der Waals surface area contributed by atoms with Crippen LogP contribution >= 0.6 is 0 Å². The second kappa shape index (κ2) is 13.0. The van der Waals surface area contributed by atoms with Crippen LogP contribution in [0.3, 0.4) is 0 Å². The van der Waals surface area contributed by atoms with Crippen LogP contribution in [0.2, 0.25) is 0 Å². The first kappa shape index (κ1) is 31.9. The van der Waals surface area contributed by atoms with Crippen molar-refractivity contribution in [2.75, 3.05) is 0 Å². The molecular formula is C51H32N4O. The largest absolute Gasteiger partial charge is 0.454 e. The number of furan rings is 1. The van der Waals surface area contributed by atoms with Crippen molar-refractivity contribution in [1.82, 2.24) is 19.5 Å². The fraction of sp³-hybridized carbons (Fsp3) is 0. The van der Waals surface area contributed by atoms with Gasteiger partial charge >= 0.3 is 0 Å². The maximum Gasteiger partial charge on any atom is 0.164 e. The minimum Gasteiger partial charge on any atom is -0.454 e. The highest BCUT2D eigenvalue weighted by Crippen LogP contribution is 2.43. The molecule has 0 amide bonds. The van der Waals surface area contributed by atoms with Gasteiger partial charge in [-0.25, -0.2) is 15.0 Å². The lowest BCUT2D eigenvalue weighted by molar-refractivity contribution is 0.666. The molecule has 0 aliphatic carbocycles. The van der Waals surface area contributed by atoms with E-state index in [2.05, 4.69) is 162 Å². The van der Waals surface area contributed by atoms with Crippen LogP contribution in [0.25, 0.3) is 106 Å². The van der Waals surface area contributed by atoms with E-state index < -0.39 is 0 Å². The highest BCUT2D eigenvalue weighted by atomic mass is 16.3. The number of hydrogen-bond donors (Lipinski definition) is 0. The average Bonchev–Trinajstić information content (AvgIpc) is 3.83. The lowest BCUT2D eigenvalue weighted by Gasteiger charge is -2.11. The zero-order valence-electron chi connectivity index (χ0n) is 30.2. The Morgan fingerprint density at radius 3 is 1.54 bits per heavy atom. The van der Waals surface area contributed by atoms with E-state index >= 15 is 0 Å². The predicted molar refractivity (Wildman–Crippen MR) is 229 cm³/mol. The molecule has 0 bridgehead atoms. The molecule has 0 atom stereocenters. The first-order valence-corrected chi connectivity index (χ1v) is 18.8. The Kier molecular flexibility index (Phi) is 7.42. The number of hydrogen-bond acceptors (Lipinski definition) is 4. The van der Waals surface area contributed by atoms with Gasteiger partial charge in [0.1, 0.15) is 5.58 Å². The molecule has 56 heavy (non-hydrogen) atoms. The van der Waals surface area contributed by atoms with Crippen molar-refractivity contribution in [2.24, 2.45) is 0 Å². The molecule has 8 aromatic carbocycles. The van der Waals surface area contributed by atoms with E-state index in [0.29, 0.717) is 17.5 Å². The Morgan fingerprint density at radius 1 is 0.357 bits per heavy atom. The Labute approximate surface area is 322 Å². The van der Waals surface area contributed by atoms with Crippen LogP contribution in [-0.2, 0) is 0 Å². The van der Waals surface area contributed by atoms with Crippen LogP contribution in [0.1, 0.15) is 0 Å². The van der Waals surface area contributed by atoms with Crippen molar-refractivity contribution >= 4 is 43.7 Å². The van der Waals surface area contributed by atoms with E-state index in [0.717, 1.165) is 77.6 Å². The first-order chi connectivity index (χ1) is 27.8. The van der Waals surface area contributed by atoms with Crippen LogP contribution in [0.15, 0.2) is 199 Å². The number of benzene rings is 8. The van der Waals surface area contributed by atoms with Gasteiger partial charge in [-0.05, 0) is 58.7 Å². The summed E-state index contributed by atoms with van der Waals surface area (Å²) in [6, 6.07) is 67.3. The van der Waals surface area contributed by atoms with Crippen molar-refractivity contribution < 1.29 is 4.42 Å². The van der Waals surface area contributed by atoms with E-state index in [9.17, 15) is 0 Å². The summed E-state index contributed by atoms with van der Waals surface area (Å²) in [4.78, 5) is 15.2. The van der Waals surface area contributed by atoms with Crippen molar-refractivity contribution in [3.05, 3.63) is 194 Å². The monoisotopic (exact) mass is 716 g/mol. The third kappa shape index (κ3) is 5.29. The second-order valence-electron chi connectivity index (χ2n) is 14.0. The number of rotatable bonds is 6. The molecular weight excluding hydrogens is 685 g/mol. The Hall–Kier alpha value is -7.63.